The van der Waals surface area contributed by atoms with Gasteiger partial charge in [0.1, 0.15) is 5.60 Å². The Kier molecular flexibility index (Phi) is 5.09. The van der Waals surface area contributed by atoms with Gasteiger partial charge in [0.05, 0.1) is 6.04 Å². The summed E-state index contributed by atoms with van der Waals surface area (Å²) in [6.45, 7) is 3.96. The number of hydrogen-bond acceptors (Lipinski definition) is 5. The Hall–Kier alpha value is -1.72. The van der Waals surface area contributed by atoms with Crippen LogP contribution in [0.15, 0.2) is 34.9 Å². The predicted octanol–water partition coefficient (Wildman–Crippen LogP) is 2.97. The molecule has 0 saturated heterocycles. The van der Waals surface area contributed by atoms with E-state index in [2.05, 4.69) is 22.3 Å². The molecule has 0 amide bonds. The Morgan fingerprint density at radius 3 is 2.67 bits per heavy atom. The monoisotopic (exact) mass is 289 g/mol. The van der Waals surface area contributed by atoms with E-state index in [0.29, 0.717) is 11.7 Å². The van der Waals surface area contributed by atoms with E-state index in [1.54, 1.807) is 7.11 Å². The molecule has 2 rings (SSSR count). The lowest BCUT2D eigenvalue weighted by Crippen LogP contribution is -2.25. The molecule has 21 heavy (non-hydrogen) atoms. The lowest BCUT2D eigenvalue weighted by Gasteiger charge is -2.21. The number of nitrogens with zero attached hydrogens (tertiary/aromatic N) is 2. The minimum Gasteiger partial charge on any atom is -0.370 e. The van der Waals surface area contributed by atoms with Crippen LogP contribution in [0.25, 0.3) is 0 Å². The molecule has 0 saturated carbocycles. The van der Waals surface area contributed by atoms with Gasteiger partial charge in [-0.3, -0.25) is 0 Å². The van der Waals surface area contributed by atoms with E-state index in [1.807, 2.05) is 32.0 Å². The zero-order valence-electron chi connectivity index (χ0n) is 12.9. The second kappa shape index (κ2) is 6.83. The molecule has 1 aromatic carbocycles. The van der Waals surface area contributed by atoms with Crippen LogP contribution in [0.1, 0.15) is 50.0 Å². The summed E-state index contributed by atoms with van der Waals surface area (Å²) in [6, 6.07) is 9.97. The summed E-state index contributed by atoms with van der Waals surface area (Å²) < 4.78 is 10.8. The number of ether oxygens (including phenoxy) is 1. The topological polar surface area (TPSA) is 74.2 Å². The Labute approximate surface area is 125 Å². The predicted molar refractivity (Wildman–Crippen MR) is 80.6 cm³/mol. The van der Waals surface area contributed by atoms with Crippen molar-refractivity contribution < 1.29 is 9.26 Å². The fraction of sp³-hybridized carbons (Fsp3) is 0.500. The highest BCUT2D eigenvalue weighted by Crippen LogP contribution is 2.26. The third kappa shape index (κ3) is 3.68. The summed E-state index contributed by atoms with van der Waals surface area (Å²) >= 11 is 0. The van der Waals surface area contributed by atoms with E-state index in [1.165, 1.54) is 5.56 Å². The highest BCUT2D eigenvalue weighted by Gasteiger charge is 2.30. The number of methoxy groups -OCH3 is 1. The van der Waals surface area contributed by atoms with Gasteiger partial charge in [-0.2, -0.15) is 4.98 Å². The molecule has 2 atom stereocenters. The highest BCUT2D eigenvalue weighted by molar-refractivity contribution is 5.15. The van der Waals surface area contributed by atoms with Gasteiger partial charge in [0.15, 0.2) is 0 Å². The van der Waals surface area contributed by atoms with Gasteiger partial charge in [-0.15, -0.1) is 0 Å². The van der Waals surface area contributed by atoms with Gasteiger partial charge < -0.3 is 15.0 Å². The fourth-order valence-electron chi connectivity index (χ4n) is 2.08. The fourth-order valence-corrected chi connectivity index (χ4v) is 2.08. The molecule has 0 aliphatic rings. The molecule has 0 bridgehead atoms. The number of aromatic nitrogens is 2. The Morgan fingerprint density at radius 2 is 2.05 bits per heavy atom. The second-order valence-electron chi connectivity index (χ2n) is 5.38. The Bertz CT molecular complexity index is 550. The van der Waals surface area contributed by atoms with E-state index in [4.69, 9.17) is 15.0 Å². The van der Waals surface area contributed by atoms with Gasteiger partial charge >= 0.3 is 0 Å². The summed E-state index contributed by atoms with van der Waals surface area (Å²) in [4.78, 5) is 4.41. The summed E-state index contributed by atoms with van der Waals surface area (Å²) in [6.07, 6.45) is 2.41. The molecule has 2 aromatic rings. The minimum absolute atomic E-state index is 0.260. The van der Waals surface area contributed by atoms with E-state index < -0.39 is 5.60 Å². The summed E-state index contributed by atoms with van der Waals surface area (Å²) in [7, 11) is 1.65. The van der Waals surface area contributed by atoms with Crippen LogP contribution < -0.4 is 5.73 Å². The molecule has 114 valence electrons. The van der Waals surface area contributed by atoms with Crippen molar-refractivity contribution in [2.24, 2.45) is 5.73 Å². The molecule has 1 aromatic heterocycles. The van der Waals surface area contributed by atoms with Crippen LogP contribution in [0, 0.1) is 0 Å². The molecule has 2 N–H and O–H groups in total. The number of benzene rings is 1. The Balaban J connectivity index is 2.00. The lowest BCUT2D eigenvalue weighted by molar-refractivity contribution is -0.0106. The Morgan fingerprint density at radius 1 is 1.33 bits per heavy atom. The van der Waals surface area contributed by atoms with Crippen LogP contribution in [-0.2, 0) is 16.8 Å². The molecule has 0 fully saturated rings. The zero-order chi connectivity index (χ0) is 15.3. The van der Waals surface area contributed by atoms with Crippen molar-refractivity contribution in [2.45, 2.75) is 44.8 Å². The van der Waals surface area contributed by atoms with Crippen LogP contribution >= 0.6 is 0 Å². The van der Waals surface area contributed by atoms with Crippen LogP contribution in [0.4, 0.5) is 0 Å². The second-order valence-corrected chi connectivity index (χ2v) is 5.38. The first-order valence-electron chi connectivity index (χ1n) is 7.28. The van der Waals surface area contributed by atoms with Crippen molar-refractivity contribution in [3.8, 4) is 0 Å². The molecular weight excluding hydrogens is 266 g/mol. The quantitative estimate of drug-likeness (QED) is 0.848. The van der Waals surface area contributed by atoms with Crippen LogP contribution in [-0.4, -0.2) is 17.3 Å². The molecular formula is C16H23N3O2. The SMILES string of the molecule is CCC(C)(OC)c1noc(C(N)CCc2ccccc2)n1. The van der Waals surface area contributed by atoms with Crippen LogP contribution in [0.2, 0.25) is 0 Å². The summed E-state index contributed by atoms with van der Waals surface area (Å²) in [5.74, 6) is 1.02. The standard InChI is InChI=1S/C16H23N3O2/c1-4-16(2,20-3)15-18-14(21-19-15)13(17)11-10-12-8-6-5-7-9-12/h5-9,13H,4,10-11,17H2,1-3H3. The van der Waals surface area contributed by atoms with Crippen molar-refractivity contribution in [3.05, 3.63) is 47.6 Å². The maximum Gasteiger partial charge on any atom is 0.243 e. The summed E-state index contributed by atoms with van der Waals surface area (Å²) in [5.41, 5.74) is 6.87. The van der Waals surface area contributed by atoms with Crippen molar-refractivity contribution in [1.29, 1.82) is 0 Å². The molecule has 0 aliphatic carbocycles. The summed E-state index contributed by atoms with van der Waals surface area (Å²) in [5, 5.41) is 4.01. The average Bonchev–Trinajstić information content (AvgIpc) is 3.03. The maximum absolute atomic E-state index is 6.15. The molecule has 1 heterocycles. The van der Waals surface area contributed by atoms with Crippen LogP contribution in [0.3, 0.4) is 0 Å². The van der Waals surface area contributed by atoms with Crippen molar-refractivity contribution in [2.75, 3.05) is 7.11 Å². The number of rotatable bonds is 7. The van der Waals surface area contributed by atoms with E-state index in [-0.39, 0.29) is 6.04 Å². The van der Waals surface area contributed by atoms with E-state index >= 15 is 0 Å². The normalized spacial score (nSPS) is 15.6. The highest BCUT2D eigenvalue weighted by atomic mass is 16.5. The van der Waals surface area contributed by atoms with Crippen molar-refractivity contribution in [1.82, 2.24) is 10.1 Å². The van der Waals surface area contributed by atoms with Gasteiger partial charge in [-0.05, 0) is 31.7 Å². The minimum atomic E-state index is -0.527. The van der Waals surface area contributed by atoms with Gasteiger partial charge in [0.25, 0.3) is 0 Å². The third-order valence-electron chi connectivity index (χ3n) is 3.94. The van der Waals surface area contributed by atoms with Gasteiger partial charge in [-0.1, -0.05) is 42.4 Å². The first-order valence-corrected chi connectivity index (χ1v) is 7.28. The molecule has 2 unspecified atom stereocenters. The molecule has 5 heteroatoms. The molecule has 5 nitrogen and oxygen atoms in total. The number of nitrogens with two attached hydrogens (primary N) is 1. The van der Waals surface area contributed by atoms with Crippen LogP contribution in [0.5, 0.6) is 0 Å². The van der Waals surface area contributed by atoms with Crippen molar-refractivity contribution in [3.63, 3.8) is 0 Å². The molecule has 0 spiro atoms. The van der Waals surface area contributed by atoms with E-state index in [0.717, 1.165) is 19.3 Å². The largest absolute Gasteiger partial charge is 0.370 e. The zero-order valence-corrected chi connectivity index (χ0v) is 12.9. The number of aryl methyl sites for hydroxylation is 1. The van der Waals surface area contributed by atoms with E-state index in [9.17, 15) is 0 Å². The molecule has 0 radical (unpaired) electrons. The lowest BCUT2D eigenvalue weighted by atomic mass is 10.0. The smallest absolute Gasteiger partial charge is 0.243 e. The van der Waals surface area contributed by atoms with Gasteiger partial charge in [0, 0.05) is 7.11 Å². The number of hydrogen-bond donors (Lipinski definition) is 1. The third-order valence-corrected chi connectivity index (χ3v) is 3.94. The molecule has 0 aliphatic heterocycles. The van der Waals surface area contributed by atoms with Gasteiger partial charge in [0.2, 0.25) is 11.7 Å². The van der Waals surface area contributed by atoms with Gasteiger partial charge in [-0.25, -0.2) is 0 Å². The maximum atomic E-state index is 6.15. The van der Waals surface area contributed by atoms with Crippen molar-refractivity contribution >= 4 is 0 Å². The first-order chi connectivity index (χ1) is 10.1. The first kappa shape index (κ1) is 15.7. The average molecular weight is 289 g/mol.